The van der Waals surface area contributed by atoms with Crippen LogP contribution in [0.5, 0.6) is 0 Å². The standard InChI is InChI=1S/C16H16N4O3S/c21-13-9-20(15-12(19-13)3-1-6-17-15)14(22)4-2-7-18-16(23)11-5-8-24-10-11/h1,3,5-6,8,10H,2,4,7,9H2,(H,18,23)(H,19,21). The third-order valence-corrected chi connectivity index (χ3v) is 4.24. The Morgan fingerprint density at radius 2 is 2.25 bits per heavy atom. The monoisotopic (exact) mass is 344 g/mol. The molecule has 0 unspecified atom stereocenters. The minimum atomic E-state index is -0.241. The highest BCUT2D eigenvalue weighted by atomic mass is 32.1. The molecule has 3 amide bonds. The maximum atomic E-state index is 12.4. The van der Waals surface area contributed by atoms with Crippen LogP contribution in [0.15, 0.2) is 35.2 Å². The number of amides is 3. The molecule has 124 valence electrons. The highest BCUT2D eigenvalue weighted by Crippen LogP contribution is 2.26. The quantitative estimate of drug-likeness (QED) is 0.807. The Kier molecular flexibility index (Phi) is 4.85. The fraction of sp³-hybridized carbons (Fsp3) is 0.250. The highest BCUT2D eigenvalue weighted by molar-refractivity contribution is 7.08. The van der Waals surface area contributed by atoms with Crippen LogP contribution in [0.3, 0.4) is 0 Å². The second kappa shape index (κ2) is 7.22. The molecule has 2 aromatic rings. The molecule has 8 heteroatoms. The van der Waals surface area contributed by atoms with E-state index in [2.05, 4.69) is 15.6 Å². The lowest BCUT2D eigenvalue weighted by Crippen LogP contribution is -2.42. The molecule has 0 saturated heterocycles. The first-order valence-electron chi connectivity index (χ1n) is 7.51. The van der Waals surface area contributed by atoms with Crippen LogP contribution < -0.4 is 15.5 Å². The number of fused-ring (bicyclic) bond motifs is 1. The minimum absolute atomic E-state index is 0.0376. The van der Waals surface area contributed by atoms with Gasteiger partial charge in [0.2, 0.25) is 11.8 Å². The first-order valence-corrected chi connectivity index (χ1v) is 8.45. The van der Waals surface area contributed by atoms with E-state index in [-0.39, 0.29) is 30.7 Å². The van der Waals surface area contributed by atoms with Gasteiger partial charge in [0.1, 0.15) is 6.54 Å². The molecule has 3 rings (SSSR count). The minimum Gasteiger partial charge on any atom is -0.352 e. The molecular weight excluding hydrogens is 328 g/mol. The summed E-state index contributed by atoms with van der Waals surface area (Å²) in [4.78, 5) is 41.4. The molecule has 24 heavy (non-hydrogen) atoms. The van der Waals surface area contributed by atoms with Crippen molar-refractivity contribution in [3.05, 3.63) is 40.7 Å². The fourth-order valence-corrected chi connectivity index (χ4v) is 3.03. The van der Waals surface area contributed by atoms with Crippen LogP contribution in [0, 0.1) is 0 Å². The van der Waals surface area contributed by atoms with E-state index in [4.69, 9.17) is 0 Å². The summed E-state index contributed by atoms with van der Waals surface area (Å²) in [6, 6.07) is 5.16. The molecule has 0 fully saturated rings. The van der Waals surface area contributed by atoms with Crippen molar-refractivity contribution in [1.82, 2.24) is 10.3 Å². The molecular formula is C16H16N4O3S. The van der Waals surface area contributed by atoms with Crippen LogP contribution in [-0.2, 0) is 9.59 Å². The molecule has 0 spiro atoms. The SMILES string of the molecule is O=C1CN(C(=O)CCCNC(=O)c2ccsc2)c2ncccc2N1. The molecule has 0 bridgehead atoms. The number of nitrogens with one attached hydrogen (secondary N) is 2. The van der Waals surface area contributed by atoms with Crippen LogP contribution in [0.1, 0.15) is 23.2 Å². The van der Waals surface area contributed by atoms with Gasteiger partial charge in [0.05, 0.1) is 5.69 Å². The van der Waals surface area contributed by atoms with Crippen molar-refractivity contribution in [3.8, 4) is 0 Å². The van der Waals surface area contributed by atoms with Gasteiger partial charge >= 0.3 is 0 Å². The summed E-state index contributed by atoms with van der Waals surface area (Å²) in [5, 5.41) is 9.08. The van der Waals surface area contributed by atoms with Gasteiger partial charge in [0.15, 0.2) is 5.82 Å². The van der Waals surface area contributed by atoms with Gasteiger partial charge < -0.3 is 10.6 Å². The van der Waals surface area contributed by atoms with Crippen LogP contribution in [-0.4, -0.2) is 35.8 Å². The van der Waals surface area contributed by atoms with E-state index in [1.54, 1.807) is 29.8 Å². The largest absolute Gasteiger partial charge is 0.352 e. The summed E-state index contributed by atoms with van der Waals surface area (Å²) in [5.74, 6) is -0.110. The van der Waals surface area contributed by atoms with E-state index >= 15 is 0 Å². The van der Waals surface area contributed by atoms with Gasteiger partial charge in [-0.2, -0.15) is 11.3 Å². The second-order valence-corrected chi connectivity index (χ2v) is 6.05. The Bertz CT molecular complexity index is 760. The van der Waals surface area contributed by atoms with Gasteiger partial charge in [-0.1, -0.05) is 0 Å². The van der Waals surface area contributed by atoms with Gasteiger partial charge in [-0.3, -0.25) is 19.3 Å². The zero-order valence-corrected chi connectivity index (χ0v) is 13.6. The Morgan fingerprint density at radius 1 is 1.38 bits per heavy atom. The van der Waals surface area contributed by atoms with Crippen molar-refractivity contribution in [2.75, 3.05) is 23.3 Å². The molecule has 0 saturated carbocycles. The first kappa shape index (κ1) is 16.1. The summed E-state index contributed by atoms with van der Waals surface area (Å²) in [6.45, 7) is 0.361. The normalized spacial score (nSPS) is 13.2. The number of hydrogen-bond donors (Lipinski definition) is 2. The predicted octanol–water partition coefficient (Wildman–Crippen LogP) is 1.64. The summed E-state index contributed by atoms with van der Waals surface area (Å²) in [5.41, 5.74) is 1.16. The lowest BCUT2D eigenvalue weighted by atomic mass is 10.2. The lowest BCUT2D eigenvalue weighted by Gasteiger charge is -2.27. The number of anilines is 2. The molecule has 0 aromatic carbocycles. The average molecular weight is 344 g/mol. The van der Waals surface area contributed by atoms with Crippen LogP contribution >= 0.6 is 11.3 Å². The van der Waals surface area contributed by atoms with Gasteiger partial charge in [-0.25, -0.2) is 4.98 Å². The van der Waals surface area contributed by atoms with Crippen LogP contribution in [0.4, 0.5) is 11.5 Å². The summed E-state index contributed by atoms with van der Waals surface area (Å²) in [6.07, 6.45) is 2.31. The van der Waals surface area contributed by atoms with E-state index in [0.717, 1.165) is 0 Å². The maximum Gasteiger partial charge on any atom is 0.252 e. The number of carbonyl (C=O) groups is 3. The maximum absolute atomic E-state index is 12.4. The number of hydrogen-bond acceptors (Lipinski definition) is 5. The van der Waals surface area contributed by atoms with E-state index in [9.17, 15) is 14.4 Å². The predicted molar refractivity (Wildman–Crippen MR) is 91.1 cm³/mol. The summed E-state index contributed by atoms with van der Waals surface area (Å²) in [7, 11) is 0. The van der Waals surface area contributed by atoms with E-state index in [1.165, 1.54) is 16.2 Å². The number of carbonyl (C=O) groups excluding carboxylic acids is 3. The number of nitrogens with zero attached hydrogens (tertiary/aromatic N) is 2. The molecule has 2 aromatic heterocycles. The van der Waals surface area contributed by atoms with Crippen molar-refractivity contribution in [3.63, 3.8) is 0 Å². The van der Waals surface area contributed by atoms with Crippen molar-refractivity contribution in [1.29, 1.82) is 0 Å². The third kappa shape index (κ3) is 3.60. The molecule has 1 aliphatic heterocycles. The smallest absolute Gasteiger partial charge is 0.252 e. The number of rotatable bonds is 5. The average Bonchev–Trinajstić information content (AvgIpc) is 3.12. The van der Waals surface area contributed by atoms with Gasteiger partial charge in [-0.15, -0.1) is 0 Å². The highest BCUT2D eigenvalue weighted by Gasteiger charge is 2.27. The van der Waals surface area contributed by atoms with Crippen molar-refractivity contribution < 1.29 is 14.4 Å². The van der Waals surface area contributed by atoms with Crippen molar-refractivity contribution in [2.24, 2.45) is 0 Å². The molecule has 3 heterocycles. The fourth-order valence-electron chi connectivity index (χ4n) is 2.40. The van der Waals surface area contributed by atoms with Gasteiger partial charge in [-0.05, 0) is 30.0 Å². The zero-order valence-electron chi connectivity index (χ0n) is 12.8. The Balaban J connectivity index is 1.52. The number of thiophene rings is 1. The van der Waals surface area contributed by atoms with E-state index in [0.29, 0.717) is 30.0 Å². The summed E-state index contributed by atoms with van der Waals surface area (Å²) < 4.78 is 0. The van der Waals surface area contributed by atoms with Crippen molar-refractivity contribution in [2.45, 2.75) is 12.8 Å². The zero-order chi connectivity index (χ0) is 16.9. The number of pyridine rings is 1. The Morgan fingerprint density at radius 3 is 3.04 bits per heavy atom. The number of aromatic nitrogens is 1. The third-order valence-electron chi connectivity index (χ3n) is 3.56. The molecule has 7 nitrogen and oxygen atoms in total. The lowest BCUT2D eigenvalue weighted by molar-refractivity contribution is -0.122. The second-order valence-electron chi connectivity index (χ2n) is 5.27. The van der Waals surface area contributed by atoms with Crippen molar-refractivity contribution >= 4 is 40.6 Å². The Hall–Kier alpha value is -2.74. The van der Waals surface area contributed by atoms with Gasteiger partial charge in [0.25, 0.3) is 5.91 Å². The van der Waals surface area contributed by atoms with Crippen LogP contribution in [0.25, 0.3) is 0 Å². The van der Waals surface area contributed by atoms with Gasteiger partial charge in [0, 0.05) is 30.1 Å². The van der Waals surface area contributed by atoms with E-state index in [1.807, 2.05) is 5.38 Å². The van der Waals surface area contributed by atoms with E-state index < -0.39 is 0 Å². The molecule has 0 radical (unpaired) electrons. The topological polar surface area (TPSA) is 91.4 Å². The molecule has 1 aliphatic rings. The molecule has 0 aliphatic carbocycles. The Labute approximate surface area is 142 Å². The molecule has 0 atom stereocenters. The summed E-state index contributed by atoms with van der Waals surface area (Å²) >= 11 is 1.46. The first-order chi connectivity index (χ1) is 11.6. The molecule has 2 N–H and O–H groups in total. The van der Waals surface area contributed by atoms with Crippen LogP contribution in [0.2, 0.25) is 0 Å².